The van der Waals surface area contributed by atoms with Crippen LogP contribution in [0.25, 0.3) is 0 Å². The van der Waals surface area contributed by atoms with Gasteiger partial charge < -0.3 is 20.5 Å². The molecule has 0 aliphatic carbocycles. The molecule has 1 aliphatic rings. The highest BCUT2D eigenvalue weighted by atomic mass is 16.5. The van der Waals surface area contributed by atoms with E-state index in [-0.39, 0.29) is 12.8 Å². The topological polar surface area (TPSA) is 85.0 Å². The van der Waals surface area contributed by atoms with Crippen LogP contribution in [0.15, 0.2) is 0 Å². The Morgan fingerprint density at radius 1 is 1.82 bits per heavy atom. The molecule has 0 spiro atoms. The second-order valence-corrected chi connectivity index (χ2v) is 3.06. The highest BCUT2D eigenvalue weighted by molar-refractivity contribution is 5.76. The van der Waals surface area contributed by atoms with Gasteiger partial charge in [0.05, 0.1) is 0 Å². The zero-order valence-electron chi connectivity index (χ0n) is 6.20. The Labute approximate surface area is 63.8 Å². The molecule has 3 unspecified atom stereocenters. The minimum Gasteiger partial charge on any atom is -0.632 e. The summed E-state index contributed by atoms with van der Waals surface area (Å²) in [6.07, 6.45) is -0.569. The first-order chi connectivity index (χ1) is 4.98. The molecule has 1 saturated heterocycles. The van der Waals surface area contributed by atoms with Gasteiger partial charge in [0.15, 0.2) is 11.8 Å². The van der Waals surface area contributed by atoms with Crippen LogP contribution in [0, 0.1) is 5.21 Å². The third kappa shape index (κ3) is 1.11. The van der Waals surface area contributed by atoms with Crippen LogP contribution < -0.4 is 5.06 Å². The molecule has 0 radical (unpaired) electrons. The van der Waals surface area contributed by atoms with Gasteiger partial charge in [-0.1, -0.05) is 0 Å². The predicted octanol–water partition coefficient (Wildman–Crippen LogP) is -1.68. The first kappa shape index (κ1) is 8.45. The number of hydrogen-bond acceptors (Lipinski definition) is 3. The number of carboxylic acids is 1. The van der Waals surface area contributed by atoms with Crippen molar-refractivity contribution in [2.45, 2.75) is 31.5 Å². The first-order valence-electron chi connectivity index (χ1n) is 3.44. The van der Waals surface area contributed by atoms with E-state index in [1.54, 1.807) is 0 Å². The molecule has 0 amide bonds. The van der Waals surface area contributed by atoms with E-state index < -0.39 is 22.8 Å². The Balaban J connectivity index is 2.81. The van der Waals surface area contributed by atoms with Gasteiger partial charge >= 0.3 is 5.97 Å². The summed E-state index contributed by atoms with van der Waals surface area (Å²) >= 11 is 0. The lowest BCUT2D eigenvalue weighted by Crippen LogP contribution is -3.17. The fourth-order valence-corrected chi connectivity index (χ4v) is 1.26. The monoisotopic (exact) mass is 161 g/mol. The number of aliphatic carboxylic acids is 1. The number of carboxylic acid groups (broad SMARTS) is 1. The Morgan fingerprint density at radius 2 is 2.36 bits per heavy atom. The predicted molar refractivity (Wildman–Crippen MR) is 35.6 cm³/mol. The average molecular weight is 161 g/mol. The zero-order valence-corrected chi connectivity index (χ0v) is 6.20. The minimum atomic E-state index is -1.35. The normalized spacial score (nSPS) is 44.3. The summed E-state index contributed by atoms with van der Waals surface area (Å²) in [6, 6.07) is 0. The van der Waals surface area contributed by atoms with E-state index >= 15 is 0 Å². The maximum Gasteiger partial charge on any atom is 0.365 e. The van der Waals surface area contributed by atoms with Crippen molar-refractivity contribution in [1.82, 2.24) is 0 Å². The molecule has 1 fully saturated rings. The number of aliphatic hydroxyl groups excluding tert-OH is 1. The smallest absolute Gasteiger partial charge is 0.365 e. The average Bonchev–Trinajstić information content (AvgIpc) is 2.18. The second kappa shape index (κ2) is 2.44. The zero-order chi connectivity index (χ0) is 8.65. The van der Waals surface area contributed by atoms with Crippen molar-refractivity contribution in [3.63, 3.8) is 0 Å². The van der Waals surface area contributed by atoms with Crippen LogP contribution in [0.1, 0.15) is 19.8 Å². The van der Waals surface area contributed by atoms with Gasteiger partial charge in [0.1, 0.15) is 0 Å². The van der Waals surface area contributed by atoms with Gasteiger partial charge in [-0.25, -0.2) is 4.79 Å². The molecule has 1 heterocycles. The van der Waals surface area contributed by atoms with Gasteiger partial charge in [0, 0.05) is 19.8 Å². The van der Waals surface area contributed by atoms with Crippen LogP contribution in [0.4, 0.5) is 0 Å². The molecule has 1 rings (SSSR count). The molecule has 0 bridgehead atoms. The summed E-state index contributed by atoms with van der Waals surface area (Å²) in [6.45, 7) is 1.36. The molecular formula is C6H11NO4. The fourth-order valence-electron chi connectivity index (χ4n) is 1.26. The Hall–Kier alpha value is -0.650. The summed E-state index contributed by atoms with van der Waals surface area (Å²) in [5.74, 6) is -1.14. The molecule has 5 heteroatoms. The maximum atomic E-state index is 11.0. The Morgan fingerprint density at radius 3 is 2.55 bits per heavy atom. The summed E-state index contributed by atoms with van der Waals surface area (Å²) in [4.78, 5) is 10.5. The minimum absolute atomic E-state index is 0.238. The van der Waals surface area contributed by atoms with Crippen molar-refractivity contribution in [3.05, 3.63) is 5.21 Å². The largest absolute Gasteiger partial charge is 0.632 e. The summed E-state index contributed by atoms with van der Waals surface area (Å²) in [5, 5.41) is 28.1. The van der Waals surface area contributed by atoms with Crippen LogP contribution in [0.2, 0.25) is 0 Å². The van der Waals surface area contributed by atoms with E-state index in [0.29, 0.717) is 0 Å². The number of carbonyl (C=O) groups is 1. The lowest BCUT2D eigenvalue weighted by atomic mass is 10.0. The van der Waals surface area contributed by atoms with Gasteiger partial charge in [0.2, 0.25) is 0 Å². The Kier molecular flexibility index (Phi) is 1.87. The molecular weight excluding hydrogens is 150 g/mol. The van der Waals surface area contributed by atoms with E-state index in [2.05, 4.69) is 0 Å². The van der Waals surface area contributed by atoms with Crippen LogP contribution in [-0.4, -0.2) is 27.9 Å². The van der Waals surface area contributed by atoms with E-state index in [1.807, 2.05) is 0 Å². The fraction of sp³-hybridized carbons (Fsp3) is 0.833. The lowest BCUT2D eigenvalue weighted by molar-refractivity contribution is -0.923. The number of hydrogen-bond donors (Lipinski definition) is 3. The first-order valence-corrected chi connectivity index (χ1v) is 3.44. The molecule has 3 N–H and O–H groups in total. The number of quaternary nitrogens is 1. The lowest BCUT2D eigenvalue weighted by Gasteiger charge is -2.32. The third-order valence-corrected chi connectivity index (χ3v) is 2.24. The second-order valence-electron chi connectivity index (χ2n) is 3.06. The van der Waals surface area contributed by atoms with Crippen molar-refractivity contribution in [2.24, 2.45) is 0 Å². The Bertz CT molecular complexity index is 183. The molecule has 0 saturated carbocycles. The van der Waals surface area contributed by atoms with Crippen molar-refractivity contribution in [1.29, 1.82) is 0 Å². The molecule has 3 atom stereocenters. The van der Waals surface area contributed by atoms with Gasteiger partial charge in [-0.15, -0.1) is 0 Å². The highest BCUT2D eigenvalue weighted by Crippen LogP contribution is 2.16. The number of hydroxylamine groups is 2. The van der Waals surface area contributed by atoms with Gasteiger partial charge in [-0.3, -0.25) is 0 Å². The van der Waals surface area contributed by atoms with Crippen molar-refractivity contribution in [3.8, 4) is 0 Å². The molecule has 5 nitrogen and oxygen atoms in total. The molecule has 1 aliphatic heterocycles. The van der Waals surface area contributed by atoms with Crippen molar-refractivity contribution in [2.75, 3.05) is 0 Å². The molecule has 0 aromatic heterocycles. The standard InChI is InChI=1S/C6H11NO4/c1-6(5(9)10)3-2-4(8)7(6)11/h4,7-8H,2-3H2,1H3,(H,9,10). The number of nitrogens with one attached hydrogen (secondary N) is 1. The number of aliphatic hydroxyl groups is 1. The molecule has 11 heavy (non-hydrogen) atoms. The molecule has 64 valence electrons. The van der Waals surface area contributed by atoms with Crippen molar-refractivity contribution >= 4 is 5.97 Å². The highest BCUT2D eigenvalue weighted by Gasteiger charge is 2.48. The summed E-state index contributed by atoms with van der Waals surface area (Å²) < 4.78 is 0. The summed E-state index contributed by atoms with van der Waals surface area (Å²) in [7, 11) is 0. The van der Waals surface area contributed by atoms with Gasteiger partial charge in [-0.05, 0) is 0 Å². The molecule has 0 aromatic rings. The van der Waals surface area contributed by atoms with Gasteiger partial charge in [0.25, 0.3) is 0 Å². The maximum absolute atomic E-state index is 11.0. The van der Waals surface area contributed by atoms with Crippen LogP contribution in [-0.2, 0) is 4.79 Å². The quantitative estimate of drug-likeness (QED) is 0.401. The number of rotatable bonds is 1. The molecule has 0 aromatic carbocycles. The third-order valence-electron chi connectivity index (χ3n) is 2.24. The van der Waals surface area contributed by atoms with Crippen LogP contribution in [0.5, 0.6) is 0 Å². The van der Waals surface area contributed by atoms with E-state index in [4.69, 9.17) is 10.2 Å². The van der Waals surface area contributed by atoms with Crippen LogP contribution >= 0.6 is 0 Å². The van der Waals surface area contributed by atoms with Crippen molar-refractivity contribution < 1.29 is 20.1 Å². The van der Waals surface area contributed by atoms with E-state index in [9.17, 15) is 10.0 Å². The van der Waals surface area contributed by atoms with Crippen LogP contribution in [0.3, 0.4) is 0 Å². The van der Waals surface area contributed by atoms with E-state index in [1.165, 1.54) is 6.92 Å². The van der Waals surface area contributed by atoms with Gasteiger partial charge in [-0.2, -0.15) is 0 Å². The SMILES string of the molecule is CC1(C(=O)O)CCC(O)[NH+]1[O-]. The summed E-state index contributed by atoms with van der Waals surface area (Å²) in [5.41, 5.74) is -1.35. The van der Waals surface area contributed by atoms with E-state index in [0.717, 1.165) is 0 Å².